The van der Waals surface area contributed by atoms with Crippen molar-refractivity contribution in [2.75, 3.05) is 13.1 Å². The van der Waals surface area contributed by atoms with E-state index in [-0.39, 0.29) is 6.04 Å². The van der Waals surface area contributed by atoms with E-state index in [0.717, 1.165) is 74.5 Å². The number of benzene rings is 2. The molecule has 3 nitrogen and oxygen atoms in total. The largest absolute Gasteiger partial charge is 0.362 e. The van der Waals surface area contributed by atoms with Gasteiger partial charge in [0.15, 0.2) is 0 Å². The van der Waals surface area contributed by atoms with E-state index in [1.54, 1.807) is 6.92 Å². The van der Waals surface area contributed by atoms with Crippen molar-refractivity contribution in [3.63, 3.8) is 0 Å². The molecule has 0 aromatic heterocycles. The zero-order valence-corrected chi connectivity index (χ0v) is 20.3. The van der Waals surface area contributed by atoms with E-state index >= 15 is 0 Å². The molecule has 0 bridgehead atoms. The number of alkyl halides is 1. The number of hydrogen-bond acceptors (Lipinski definition) is 3. The van der Waals surface area contributed by atoms with Crippen LogP contribution in [0.2, 0.25) is 0 Å². The van der Waals surface area contributed by atoms with E-state index < -0.39 is 6.17 Å². The number of hydrogen-bond donors (Lipinski definition) is 1. The Morgan fingerprint density at radius 3 is 2.59 bits per heavy atom. The molecule has 2 aromatic rings. The summed E-state index contributed by atoms with van der Waals surface area (Å²) in [5, 5.41) is 3.35. The highest BCUT2D eigenvalue weighted by Crippen LogP contribution is 2.39. The minimum absolute atomic E-state index is 0.274. The van der Waals surface area contributed by atoms with Crippen LogP contribution in [-0.2, 0) is 13.1 Å². The molecular weight excluding hydrogens is 421 g/mol. The van der Waals surface area contributed by atoms with Gasteiger partial charge < -0.3 is 10.2 Å². The van der Waals surface area contributed by atoms with Crippen molar-refractivity contribution in [2.24, 2.45) is 0 Å². The van der Waals surface area contributed by atoms with Crippen molar-refractivity contribution >= 4 is 5.70 Å². The van der Waals surface area contributed by atoms with Gasteiger partial charge >= 0.3 is 0 Å². The van der Waals surface area contributed by atoms with Crippen molar-refractivity contribution in [3.05, 3.63) is 101 Å². The maximum Gasteiger partial charge on any atom is 0.122 e. The summed E-state index contributed by atoms with van der Waals surface area (Å²) in [5.41, 5.74) is 9.31. The van der Waals surface area contributed by atoms with Crippen molar-refractivity contribution in [3.8, 4) is 0 Å². The van der Waals surface area contributed by atoms with Crippen LogP contribution in [0.1, 0.15) is 72.5 Å². The topological polar surface area (TPSA) is 18.5 Å². The van der Waals surface area contributed by atoms with Crippen LogP contribution in [-0.4, -0.2) is 28.9 Å². The molecule has 3 aliphatic rings. The van der Waals surface area contributed by atoms with Gasteiger partial charge in [-0.3, -0.25) is 4.90 Å². The molecule has 2 aromatic carbocycles. The normalized spacial score (nSPS) is 22.6. The molecule has 2 unspecified atom stereocenters. The van der Waals surface area contributed by atoms with Crippen LogP contribution in [0.4, 0.5) is 4.39 Å². The van der Waals surface area contributed by atoms with Gasteiger partial charge in [0, 0.05) is 35.7 Å². The fourth-order valence-electron chi connectivity index (χ4n) is 5.84. The molecule has 3 aliphatic heterocycles. The van der Waals surface area contributed by atoms with E-state index in [0.29, 0.717) is 5.92 Å². The molecule has 0 aliphatic carbocycles. The molecule has 0 spiro atoms. The first-order valence-corrected chi connectivity index (χ1v) is 12.6. The Morgan fingerprint density at radius 1 is 1.06 bits per heavy atom. The first-order valence-electron chi connectivity index (χ1n) is 12.6. The molecule has 0 radical (unpaired) electrons. The van der Waals surface area contributed by atoms with Gasteiger partial charge in [0.05, 0.1) is 6.04 Å². The number of piperidine rings is 2. The van der Waals surface area contributed by atoms with E-state index in [2.05, 4.69) is 59.1 Å². The summed E-state index contributed by atoms with van der Waals surface area (Å²) in [5.74, 6) is 0.593. The smallest absolute Gasteiger partial charge is 0.122 e. The summed E-state index contributed by atoms with van der Waals surface area (Å²) in [6.07, 6.45) is 3.42. The Hall–Kier alpha value is -2.85. The number of allylic oxidation sites excluding steroid dienone is 1. The van der Waals surface area contributed by atoms with Gasteiger partial charge in [0.2, 0.25) is 0 Å². The van der Waals surface area contributed by atoms with E-state index in [9.17, 15) is 4.39 Å². The van der Waals surface area contributed by atoms with Gasteiger partial charge in [-0.1, -0.05) is 62.2 Å². The summed E-state index contributed by atoms with van der Waals surface area (Å²) in [6, 6.07) is 15.3. The number of halogens is 1. The fraction of sp³-hybridized carbons (Fsp3) is 0.400. The molecule has 2 saturated heterocycles. The third-order valence-corrected chi connectivity index (χ3v) is 7.84. The Balaban J connectivity index is 1.21. The lowest BCUT2D eigenvalue weighted by Gasteiger charge is -2.36. The first kappa shape index (κ1) is 22.9. The predicted octanol–water partition coefficient (Wildman–Crippen LogP) is 6.66. The van der Waals surface area contributed by atoms with Crippen LogP contribution in [0.15, 0.2) is 73.6 Å². The molecular formula is C30H36FN3. The summed E-state index contributed by atoms with van der Waals surface area (Å²) in [6.45, 7) is 18.3. The van der Waals surface area contributed by atoms with Crippen molar-refractivity contribution in [1.29, 1.82) is 0 Å². The Morgan fingerprint density at radius 2 is 1.85 bits per heavy atom. The van der Waals surface area contributed by atoms with Crippen LogP contribution in [0, 0.1) is 0 Å². The lowest BCUT2D eigenvalue weighted by atomic mass is 9.87. The van der Waals surface area contributed by atoms with Crippen LogP contribution in [0.3, 0.4) is 0 Å². The molecule has 0 amide bonds. The summed E-state index contributed by atoms with van der Waals surface area (Å²) >= 11 is 0. The average Bonchev–Trinajstić information content (AvgIpc) is 3.15. The second kappa shape index (κ2) is 9.42. The molecule has 2 atom stereocenters. The number of rotatable bonds is 5. The van der Waals surface area contributed by atoms with Crippen LogP contribution in [0.25, 0.3) is 5.70 Å². The number of fused-ring (bicyclic) bond motifs is 1. The minimum Gasteiger partial charge on any atom is -0.362 e. The maximum atomic E-state index is 13.7. The van der Waals surface area contributed by atoms with Gasteiger partial charge in [-0.25, -0.2) is 4.39 Å². The van der Waals surface area contributed by atoms with Crippen LogP contribution < -0.4 is 5.32 Å². The Bertz CT molecular complexity index is 1110. The maximum absolute atomic E-state index is 13.7. The molecule has 1 N–H and O–H groups in total. The average molecular weight is 458 g/mol. The standard InChI is InChI=1S/C30H36FN3/c1-20-8-11-30(22(3)32-20)34-19-28-17-27(9-10-29(28)23(34)4)25-12-14-33(15-13-25)18-24-6-5-7-26(16-24)21(2)31/h5-7,9-10,16-17,21,25,30,32H,1,3-4,8,11-15,18-19H2,2H3. The van der Waals surface area contributed by atoms with Gasteiger partial charge in [-0.05, 0) is 73.9 Å². The SMILES string of the molecule is C=C1CCC(N2Cc3cc(C4CCN(Cc5cccc(C(C)F)c5)CC4)ccc3C2=C)C(=C)N1. The van der Waals surface area contributed by atoms with Gasteiger partial charge in [-0.2, -0.15) is 0 Å². The Labute approximate surface area is 203 Å². The molecule has 3 heterocycles. The third-order valence-electron chi connectivity index (χ3n) is 7.84. The van der Waals surface area contributed by atoms with Crippen molar-refractivity contribution in [1.82, 2.24) is 15.1 Å². The molecule has 0 saturated carbocycles. The fourth-order valence-corrected chi connectivity index (χ4v) is 5.84. The summed E-state index contributed by atoms with van der Waals surface area (Å²) < 4.78 is 13.7. The van der Waals surface area contributed by atoms with E-state index in [1.165, 1.54) is 22.3 Å². The van der Waals surface area contributed by atoms with E-state index in [1.807, 2.05) is 18.2 Å². The molecule has 178 valence electrons. The van der Waals surface area contributed by atoms with Gasteiger partial charge in [0.1, 0.15) is 6.17 Å². The van der Waals surface area contributed by atoms with E-state index in [4.69, 9.17) is 0 Å². The van der Waals surface area contributed by atoms with Crippen LogP contribution in [0.5, 0.6) is 0 Å². The summed E-state index contributed by atoms with van der Waals surface area (Å²) in [4.78, 5) is 4.91. The predicted molar refractivity (Wildman–Crippen MR) is 139 cm³/mol. The molecule has 4 heteroatoms. The number of likely N-dealkylation sites (tertiary alicyclic amines) is 1. The quantitative estimate of drug-likeness (QED) is 0.541. The lowest BCUT2D eigenvalue weighted by molar-refractivity contribution is 0.204. The first-order chi connectivity index (χ1) is 16.4. The molecule has 34 heavy (non-hydrogen) atoms. The zero-order chi connectivity index (χ0) is 23.8. The molecule has 5 rings (SSSR count). The monoisotopic (exact) mass is 457 g/mol. The van der Waals surface area contributed by atoms with Crippen molar-refractivity contribution in [2.45, 2.75) is 63.8 Å². The highest BCUT2D eigenvalue weighted by molar-refractivity contribution is 5.70. The number of nitrogens with zero attached hydrogens (tertiary/aromatic N) is 2. The second-order valence-corrected chi connectivity index (χ2v) is 10.2. The number of nitrogens with one attached hydrogen (secondary N) is 1. The van der Waals surface area contributed by atoms with Gasteiger partial charge in [0.25, 0.3) is 0 Å². The molecule has 2 fully saturated rings. The third kappa shape index (κ3) is 4.56. The summed E-state index contributed by atoms with van der Waals surface area (Å²) in [7, 11) is 0. The lowest BCUT2D eigenvalue weighted by Crippen LogP contribution is -2.39. The highest BCUT2D eigenvalue weighted by Gasteiger charge is 2.32. The second-order valence-electron chi connectivity index (χ2n) is 10.2. The van der Waals surface area contributed by atoms with Crippen LogP contribution >= 0.6 is 0 Å². The zero-order valence-electron chi connectivity index (χ0n) is 20.3. The highest BCUT2D eigenvalue weighted by atomic mass is 19.1. The Kier molecular flexibility index (Phi) is 6.35. The van der Waals surface area contributed by atoms with Crippen molar-refractivity contribution < 1.29 is 4.39 Å². The minimum atomic E-state index is -0.913. The van der Waals surface area contributed by atoms with Gasteiger partial charge in [-0.15, -0.1) is 0 Å².